The van der Waals surface area contributed by atoms with Crippen LogP contribution in [0.2, 0.25) is 0 Å². The van der Waals surface area contributed by atoms with Crippen LogP contribution in [0.1, 0.15) is 21.7 Å². The maximum atomic E-state index is 12.0. The number of hydrogen-bond donors (Lipinski definition) is 0. The molecule has 0 bridgehead atoms. The Labute approximate surface area is 102 Å². The molecule has 0 aromatic carbocycles. The third-order valence-electron chi connectivity index (χ3n) is 2.88. The molecular formula is C12H20N2O3. The van der Waals surface area contributed by atoms with Crippen molar-refractivity contribution in [3.05, 3.63) is 23.0 Å². The zero-order valence-electron chi connectivity index (χ0n) is 11.1. The molecule has 0 saturated heterocycles. The van der Waals surface area contributed by atoms with Gasteiger partial charge < -0.3 is 9.30 Å². The van der Waals surface area contributed by atoms with Crippen LogP contribution in [-0.4, -0.2) is 43.4 Å². The van der Waals surface area contributed by atoms with Crippen molar-refractivity contribution in [2.24, 2.45) is 0 Å². The molecule has 0 atom stereocenters. The minimum atomic E-state index is -0.135. The molecule has 0 aliphatic heterocycles. The van der Waals surface area contributed by atoms with E-state index in [-0.39, 0.29) is 5.91 Å². The van der Waals surface area contributed by atoms with E-state index in [9.17, 15) is 4.79 Å². The van der Waals surface area contributed by atoms with Gasteiger partial charge in [0, 0.05) is 32.1 Å². The maximum Gasteiger partial charge on any atom is 0.278 e. The van der Waals surface area contributed by atoms with Gasteiger partial charge in [0.25, 0.3) is 5.91 Å². The van der Waals surface area contributed by atoms with Gasteiger partial charge in [-0.2, -0.15) is 0 Å². The average Bonchev–Trinajstić information content (AvgIpc) is 2.60. The van der Waals surface area contributed by atoms with E-state index in [0.29, 0.717) is 12.2 Å². The number of aryl methyl sites for hydroxylation is 1. The molecule has 1 rings (SSSR count). The van der Waals surface area contributed by atoms with Crippen molar-refractivity contribution in [3.63, 3.8) is 0 Å². The second-order valence-corrected chi connectivity index (χ2v) is 3.91. The van der Waals surface area contributed by atoms with Crippen LogP contribution in [0.15, 0.2) is 6.07 Å². The molecule has 0 N–H and O–H groups in total. The first-order chi connectivity index (χ1) is 8.02. The van der Waals surface area contributed by atoms with Crippen LogP contribution in [0.3, 0.4) is 0 Å². The zero-order valence-corrected chi connectivity index (χ0v) is 11.1. The van der Waals surface area contributed by atoms with Gasteiger partial charge >= 0.3 is 0 Å². The third-order valence-corrected chi connectivity index (χ3v) is 2.88. The summed E-state index contributed by atoms with van der Waals surface area (Å²) in [6.07, 6.45) is 0. The maximum absolute atomic E-state index is 12.0. The fourth-order valence-electron chi connectivity index (χ4n) is 1.80. The van der Waals surface area contributed by atoms with Crippen molar-refractivity contribution in [1.29, 1.82) is 0 Å². The monoisotopic (exact) mass is 240 g/mol. The Hall–Kier alpha value is -1.33. The quantitative estimate of drug-likeness (QED) is 0.730. The van der Waals surface area contributed by atoms with Crippen molar-refractivity contribution in [3.8, 4) is 0 Å². The van der Waals surface area contributed by atoms with Gasteiger partial charge in [0.1, 0.15) is 0 Å². The third kappa shape index (κ3) is 2.87. The Morgan fingerprint density at radius 1 is 1.41 bits per heavy atom. The van der Waals surface area contributed by atoms with Crippen LogP contribution in [0.4, 0.5) is 0 Å². The van der Waals surface area contributed by atoms with Crippen molar-refractivity contribution >= 4 is 5.91 Å². The summed E-state index contributed by atoms with van der Waals surface area (Å²) in [5.41, 5.74) is 2.66. The number of rotatable bonds is 5. The van der Waals surface area contributed by atoms with E-state index < -0.39 is 0 Å². The summed E-state index contributed by atoms with van der Waals surface area (Å²) in [6, 6.07) is 1.88. The first-order valence-electron chi connectivity index (χ1n) is 5.50. The molecule has 5 heteroatoms. The van der Waals surface area contributed by atoms with Gasteiger partial charge in [0.05, 0.1) is 19.3 Å². The topological polar surface area (TPSA) is 43.7 Å². The number of hydrogen-bond acceptors (Lipinski definition) is 3. The van der Waals surface area contributed by atoms with Crippen molar-refractivity contribution in [1.82, 2.24) is 9.63 Å². The number of carbonyl (C=O) groups is 1. The van der Waals surface area contributed by atoms with E-state index in [2.05, 4.69) is 4.57 Å². The second-order valence-electron chi connectivity index (χ2n) is 3.91. The van der Waals surface area contributed by atoms with E-state index in [4.69, 9.17) is 9.57 Å². The summed E-state index contributed by atoms with van der Waals surface area (Å²) in [5.74, 6) is -0.135. The van der Waals surface area contributed by atoms with Crippen LogP contribution in [0.25, 0.3) is 0 Å². The summed E-state index contributed by atoms with van der Waals surface area (Å²) >= 11 is 0. The van der Waals surface area contributed by atoms with E-state index in [0.717, 1.165) is 17.9 Å². The van der Waals surface area contributed by atoms with Crippen LogP contribution in [-0.2, 0) is 16.1 Å². The van der Waals surface area contributed by atoms with Gasteiger partial charge in [-0.3, -0.25) is 9.63 Å². The fraction of sp³-hybridized carbons (Fsp3) is 0.583. The Morgan fingerprint density at radius 2 is 2.06 bits per heavy atom. The fourth-order valence-corrected chi connectivity index (χ4v) is 1.80. The smallest absolute Gasteiger partial charge is 0.278 e. The number of amides is 1. The average molecular weight is 240 g/mol. The molecule has 0 unspecified atom stereocenters. The second kappa shape index (κ2) is 5.84. The number of aromatic nitrogens is 1. The van der Waals surface area contributed by atoms with Gasteiger partial charge in [0.15, 0.2) is 0 Å². The van der Waals surface area contributed by atoms with Gasteiger partial charge in [-0.05, 0) is 19.9 Å². The van der Waals surface area contributed by atoms with Crippen LogP contribution >= 0.6 is 0 Å². The Balaban J connectivity index is 2.99. The van der Waals surface area contributed by atoms with Crippen molar-refractivity contribution < 1.29 is 14.4 Å². The number of nitrogens with zero attached hydrogens (tertiary/aromatic N) is 2. The highest BCUT2D eigenvalue weighted by Crippen LogP contribution is 2.16. The predicted molar refractivity (Wildman–Crippen MR) is 64.9 cm³/mol. The van der Waals surface area contributed by atoms with Gasteiger partial charge in [-0.15, -0.1) is 0 Å². The van der Waals surface area contributed by atoms with Gasteiger partial charge in [0.2, 0.25) is 0 Å². The zero-order chi connectivity index (χ0) is 13.0. The Morgan fingerprint density at radius 3 is 2.59 bits per heavy atom. The molecule has 1 heterocycles. The number of methoxy groups -OCH3 is 1. The van der Waals surface area contributed by atoms with Crippen molar-refractivity contribution in [2.45, 2.75) is 20.4 Å². The first kappa shape index (κ1) is 13.7. The number of hydroxylamine groups is 2. The Kier molecular flexibility index (Phi) is 4.72. The van der Waals surface area contributed by atoms with Gasteiger partial charge in [-0.1, -0.05) is 0 Å². The summed E-state index contributed by atoms with van der Waals surface area (Å²) in [6.45, 7) is 5.29. The molecule has 0 radical (unpaired) electrons. The number of ether oxygens (including phenoxy) is 1. The first-order valence-corrected chi connectivity index (χ1v) is 5.50. The SMILES string of the molecule is COCCn1c(C)cc(C(=O)N(C)OC)c1C. The normalized spacial score (nSPS) is 10.6. The Bertz CT molecular complexity index is 399. The highest BCUT2D eigenvalue weighted by molar-refractivity contribution is 5.94. The molecule has 0 aliphatic carbocycles. The van der Waals surface area contributed by atoms with E-state index in [1.165, 1.54) is 12.2 Å². The predicted octanol–water partition coefficient (Wildman–Crippen LogP) is 1.38. The van der Waals surface area contributed by atoms with E-state index in [1.807, 2.05) is 19.9 Å². The molecule has 0 saturated carbocycles. The van der Waals surface area contributed by atoms with Crippen LogP contribution in [0, 0.1) is 13.8 Å². The molecule has 1 aromatic rings. The summed E-state index contributed by atoms with van der Waals surface area (Å²) in [7, 11) is 4.74. The highest BCUT2D eigenvalue weighted by atomic mass is 16.7. The highest BCUT2D eigenvalue weighted by Gasteiger charge is 2.18. The van der Waals surface area contributed by atoms with Gasteiger partial charge in [-0.25, -0.2) is 5.06 Å². The lowest BCUT2D eigenvalue weighted by molar-refractivity contribution is -0.0757. The van der Waals surface area contributed by atoms with Crippen LogP contribution in [0.5, 0.6) is 0 Å². The molecule has 17 heavy (non-hydrogen) atoms. The van der Waals surface area contributed by atoms with E-state index in [1.54, 1.807) is 14.2 Å². The molecule has 0 aliphatic rings. The molecular weight excluding hydrogens is 220 g/mol. The van der Waals surface area contributed by atoms with Crippen LogP contribution < -0.4 is 0 Å². The molecule has 1 aromatic heterocycles. The summed E-state index contributed by atoms with van der Waals surface area (Å²) < 4.78 is 7.12. The molecule has 1 amide bonds. The number of carbonyl (C=O) groups excluding carboxylic acids is 1. The molecule has 96 valence electrons. The van der Waals surface area contributed by atoms with Crippen molar-refractivity contribution in [2.75, 3.05) is 27.9 Å². The molecule has 0 fully saturated rings. The molecule has 5 nitrogen and oxygen atoms in total. The standard InChI is InChI=1S/C12H20N2O3/c1-9-8-11(12(15)13(3)17-5)10(2)14(9)6-7-16-4/h8H,6-7H2,1-5H3. The lowest BCUT2D eigenvalue weighted by atomic mass is 10.2. The largest absolute Gasteiger partial charge is 0.383 e. The molecule has 0 spiro atoms. The summed E-state index contributed by atoms with van der Waals surface area (Å²) in [5, 5.41) is 1.22. The van der Waals surface area contributed by atoms with E-state index >= 15 is 0 Å². The minimum Gasteiger partial charge on any atom is -0.383 e. The minimum absolute atomic E-state index is 0.135. The lowest BCUT2D eigenvalue weighted by Gasteiger charge is -2.14. The summed E-state index contributed by atoms with van der Waals surface area (Å²) in [4.78, 5) is 16.9. The lowest BCUT2D eigenvalue weighted by Crippen LogP contribution is -2.25.